The Hall–Kier alpha value is -3.00. The lowest BCUT2D eigenvalue weighted by Crippen LogP contribution is -2.48. The van der Waals surface area contributed by atoms with Crippen LogP contribution in [0.15, 0.2) is 65.8 Å². The van der Waals surface area contributed by atoms with Crippen LogP contribution in [-0.4, -0.2) is 42.8 Å². The Bertz CT molecular complexity index is 1160. The first-order valence-corrected chi connectivity index (χ1v) is 11.5. The van der Waals surface area contributed by atoms with Gasteiger partial charge in [-0.1, -0.05) is 12.1 Å². The van der Waals surface area contributed by atoms with Crippen molar-refractivity contribution in [2.75, 3.05) is 10.8 Å². The molecule has 1 aromatic heterocycles. The summed E-state index contributed by atoms with van der Waals surface area (Å²) in [5, 5.41) is 1.17. The maximum Gasteiger partial charge on any atom is 0.265 e. The van der Waals surface area contributed by atoms with Crippen LogP contribution in [0.2, 0.25) is 0 Å². The number of aromatic nitrogens is 1. The maximum absolute atomic E-state index is 13.8. The van der Waals surface area contributed by atoms with E-state index in [-0.39, 0.29) is 28.6 Å². The van der Waals surface area contributed by atoms with Gasteiger partial charge in [-0.15, -0.1) is 0 Å². The van der Waals surface area contributed by atoms with Crippen LogP contribution in [0, 0.1) is 5.82 Å². The number of halogens is 1. The van der Waals surface area contributed by atoms with Gasteiger partial charge in [-0.3, -0.25) is 14.1 Å². The second-order valence-corrected chi connectivity index (χ2v) is 9.66. The van der Waals surface area contributed by atoms with E-state index in [1.165, 1.54) is 36.5 Å². The van der Waals surface area contributed by atoms with Crippen LogP contribution in [0.3, 0.4) is 0 Å². The fourth-order valence-corrected chi connectivity index (χ4v) is 5.37. The van der Waals surface area contributed by atoms with Crippen LogP contribution in [0.5, 0.6) is 0 Å². The molecule has 0 saturated heterocycles. The summed E-state index contributed by atoms with van der Waals surface area (Å²) < 4.78 is 42.1. The average Bonchev–Trinajstić information content (AvgIpc) is 2.71. The molecular formula is C23H26FN3O3S. The molecule has 3 aromatic rings. The largest absolute Gasteiger partial charge is 0.336 e. The number of hydrogen-bond acceptors (Lipinski definition) is 4. The summed E-state index contributed by atoms with van der Waals surface area (Å²) in [7, 11) is -4.14. The molecule has 0 aliphatic heterocycles. The van der Waals surface area contributed by atoms with Gasteiger partial charge in [0, 0.05) is 35.2 Å². The first-order chi connectivity index (χ1) is 14.6. The molecular weight excluding hydrogens is 417 g/mol. The van der Waals surface area contributed by atoms with Gasteiger partial charge in [0.1, 0.15) is 12.4 Å². The third kappa shape index (κ3) is 4.69. The molecule has 0 aliphatic rings. The minimum absolute atomic E-state index is 0.0603. The average molecular weight is 444 g/mol. The molecule has 0 N–H and O–H groups in total. The van der Waals surface area contributed by atoms with Gasteiger partial charge in [-0.05, 0) is 64.1 Å². The van der Waals surface area contributed by atoms with Gasteiger partial charge in [-0.2, -0.15) is 0 Å². The van der Waals surface area contributed by atoms with E-state index in [1.807, 2.05) is 27.7 Å². The number of benzene rings is 2. The van der Waals surface area contributed by atoms with E-state index in [2.05, 4.69) is 4.98 Å². The topological polar surface area (TPSA) is 70.6 Å². The third-order valence-electron chi connectivity index (χ3n) is 5.00. The van der Waals surface area contributed by atoms with Crippen LogP contribution in [-0.2, 0) is 14.8 Å². The van der Waals surface area contributed by atoms with Gasteiger partial charge < -0.3 is 4.90 Å². The maximum atomic E-state index is 13.8. The van der Waals surface area contributed by atoms with Crippen molar-refractivity contribution in [2.45, 2.75) is 44.7 Å². The SMILES string of the molecule is CC(C)N(C(=O)CN(c1ccc(F)cc1)S(=O)(=O)c1cccc2cnccc12)C(C)C. The molecule has 0 aliphatic carbocycles. The molecule has 2 aromatic carbocycles. The van der Waals surface area contributed by atoms with Gasteiger partial charge in [0.05, 0.1) is 10.6 Å². The number of hydrogen-bond donors (Lipinski definition) is 0. The molecule has 0 atom stereocenters. The van der Waals surface area contributed by atoms with Crippen molar-refractivity contribution >= 4 is 32.4 Å². The van der Waals surface area contributed by atoms with E-state index in [0.717, 1.165) is 4.31 Å². The van der Waals surface area contributed by atoms with Gasteiger partial charge in [-0.25, -0.2) is 12.8 Å². The van der Waals surface area contributed by atoms with Crippen molar-refractivity contribution in [2.24, 2.45) is 0 Å². The molecule has 0 spiro atoms. The molecule has 1 amide bonds. The predicted molar refractivity (Wildman–Crippen MR) is 120 cm³/mol. The highest BCUT2D eigenvalue weighted by Gasteiger charge is 2.31. The van der Waals surface area contributed by atoms with Gasteiger partial charge in [0.2, 0.25) is 5.91 Å². The molecule has 0 radical (unpaired) electrons. The highest BCUT2D eigenvalue weighted by atomic mass is 32.2. The van der Waals surface area contributed by atoms with Crippen LogP contribution in [0.25, 0.3) is 10.8 Å². The van der Waals surface area contributed by atoms with Crippen LogP contribution >= 0.6 is 0 Å². The Morgan fingerprint density at radius 2 is 1.65 bits per heavy atom. The molecule has 0 fully saturated rings. The number of fused-ring (bicyclic) bond motifs is 1. The fourth-order valence-electron chi connectivity index (χ4n) is 3.74. The molecule has 6 nitrogen and oxygen atoms in total. The Balaban J connectivity index is 2.13. The third-order valence-corrected chi connectivity index (χ3v) is 6.83. The lowest BCUT2D eigenvalue weighted by Gasteiger charge is -2.33. The number of pyridine rings is 1. The minimum atomic E-state index is -4.14. The summed E-state index contributed by atoms with van der Waals surface area (Å²) in [5.74, 6) is -0.825. The first-order valence-electron chi connectivity index (χ1n) is 10.0. The second-order valence-electron chi connectivity index (χ2n) is 7.83. The summed E-state index contributed by atoms with van der Waals surface area (Å²) in [5.41, 5.74) is 0.216. The number of nitrogens with zero attached hydrogens (tertiary/aromatic N) is 3. The number of anilines is 1. The quantitative estimate of drug-likeness (QED) is 0.548. The van der Waals surface area contributed by atoms with E-state index in [0.29, 0.717) is 10.8 Å². The van der Waals surface area contributed by atoms with Crippen molar-refractivity contribution in [3.8, 4) is 0 Å². The molecule has 0 saturated carbocycles. The predicted octanol–water partition coefficient (Wildman–Crippen LogP) is 4.21. The van der Waals surface area contributed by atoms with Crippen LogP contribution < -0.4 is 4.31 Å². The summed E-state index contributed by atoms with van der Waals surface area (Å²) in [4.78, 5) is 18.9. The number of rotatable bonds is 7. The Morgan fingerprint density at radius 1 is 1.00 bits per heavy atom. The Kier molecular flexibility index (Phi) is 6.59. The summed E-state index contributed by atoms with van der Waals surface area (Å²) >= 11 is 0. The number of sulfonamides is 1. The molecule has 0 unspecified atom stereocenters. The monoisotopic (exact) mass is 443 g/mol. The summed E-state index contributed by atoms with van der Waals surface area (Å²) in [6, 6.07) is 11.4. The van der Waals surface area contributed by atoms with Crippen molar-refractivity contribution in [3.05, 3.63) is 66.7 Å². The minimum Gasteiger partial charge on any atom is -0.336 e. The van der Waals surface area contributed by atoms with E-state index in [1.54, 1.807) is 29.3 Å². The van der Waals surface area contributed by atoms with E-state index < -0.39 is 22.4 Å². The van der Waals surface area contributed by atoms with Crippen LogP contribution in [0.4, 0.5) is 10.1 Å². The lowest BCUT2D eigenvalue weighted by molar-refractivity contribution is -0.133. The smallest absolute Gasteiger partial charge is 0.265 e. The highest BCUT2D eigenvalue weighted by molar-refractivity contribution is 7.93. The van der Waals surface area contributed by atoms with Crippen molar-refractivity contribution in [1.82, 2.24) is 9.88 Å². The zero-order valence-corrected chi connectivity index (χ0v) is 18.8. The van der Waals surface area contributed by atoms with Crippen molar-refractivity contribution < 1.29 is 17.6 Å². The standard InChI is InChI=1S/C23H26FN3O3S/c1-16(2)27(17(3)4)23(28)15-26(20-10-8-19(24)9-11-20)31(29,30)22-7-5-6-18-14-25-13-12-21(18)22/h5-14,16-17H,15H2,1-4H3. The number of carbonyl (C=O) groups excluding carboxylic acids is 1. The molecule has 8 heteroatoms. The number of carbonyl (C=O) groups is 1. The van der Waals surface area contributed by atoms with Gasteiger partial charge >= 0.3 is 0 Å². The number of amides is 1. The van der Waals surface area contributed by atoms with Crippen molar-refractivity contribution in [3.63, 3.8) is 0 Å². The van der Waals surface area contributed by atoms with E-state index in [9.17, 15) is 17.6 Å². The van der Waals surface area contributed by atoms with Crippen molar-refractivity contribution in [1.29, 1.82) is 0 Å². The van der Waals surface area contributed by atoms with E-state index in [4.69, 9.17) is 0 Å². The van der Waals surface area contributed by atoms with Gasteiger partial charge in [0.15, 0.2) is 0 Å². The molecule has 3 rings (SSSR count). The molecule has 1 heterocycles. The van der Waals surface area contributed by atoms with E-state index >= 15 is 0 Å². The van der Waals surface area contributed by atoms with Gasteiger partial charge in [0.25, 0.3) is 10.0 Å². The zero-order chi connectivity index (χ0) is 22.8. The Morgan fingerprint density at radius 3 is 2.26 bits per heavy atom. The lowest BCUT2D eigenvalue weighted by atomic mass is 10.2. The zero-order valence-electron chi connectivity index (χ0n) is 18.0. The summed E-state index contributed by atoms with van der Waals surface area (Å²) in [6.45, 7) is 7.13. The molecule has 164 valence electrons. The first kappa shape index (κ1) is 22.7. The molecule has 0 bridgehead atoms. The fraction of sp³-hybridized carbons (Fsp3) is 0.304. The molecule has 31 heavy (non-hydrogen) atoms. The second kappa shape index (κ2) is 9.01. The Labute approximate surface area is 182 Å². The van der Waals surface area contributed by atoms with Crippen LogP contribution in [0.1, 0.15) is 27.7 Å². The highest BCUT2D eigenvalue weighted by Crippen LogP contribution is 2.29. The summed E-state index contributed by atoms with van der Waals surface area (Å²) in [6.07, 6.45) is 3.11. The normalized spacial score (nSPS) is 11.8.